The third-order valence-electron chi connectivity index (χ3n) is 3.72. The molecule has 0 aliphatic rings. The van der Waals surface area contributed by atoms with Crippen LogP contribution in [0.3, 0.4) is 0 Å². The van der Waals surface area contributed by atoms with Crippen LogP contribution < -0.4 is 10.6 Å². The maximum Gasteiger partial charge on any atom is 0.230 e. The van der Waals surface area contributed by atoms with Crippen molar-refractivity contribution < 1.29 is 9.59 Å². The lowest BCUT2D eigenvalue weighted by molar-refractivity contribution is -0.118. The summed E-state index contributed by atoms with van der Waals surface area (Å²) in [5, 5.41) is 5.67. The lowest BCUT2D eigenvalue weighted by Crippen LogP contribution is -2.27. The molecule has 0 aliphatic carbocycles. The summed E-state index contributed by atoms with van der Waals surface area (Å²) in [6.45, 7) is 6.35. The van der Waals surface area contributed by atoms with Gasteiger partial charge in [-0.25, -0.2) is 0 Å². The molecule has 0 bridgehead atoms. The number of benzene rings is 2. The standard InChI is InChI=1S/C20H24N2O2S2/c1-14-4-7-19(12-15(14)2)25-11-10-21-20(24)13-26-18-8-5-17(6-9-18)22-16(3)23/h4-9,12H,10-11,13H2,1-3H3,(H,21,24)(H,22,23). The molecular weight excluding hydrogens is 364 g/mol. The van der Waals surface area contributed by atoms with Gasteiger partial charge in [0.1, 0.15) is 0 Å². The van der Waals surface area contributed by atoms with E-state index in [2.05, 4.69) is 42.7 Å². The molecule has 0 aliphatic heterocycles. The number of carbonyl (C=O) groups excluding carboxylic acids is 2. The highest BCUT2D eigenvalue weighted by Crippen LogP contribution is 2.21. The average Bonchev–Trinajstić information content (AvgIpc) is 2.60. The second-order valence-corrected chi connectivity index (χ2v) is 8.16. The van der Waals surface area contributed by atoms with Crippen molar-refractivity contribution in [1.29, 1.82) is 0 Å². The third-order valence-corrected chi connectivity index (χ3v) is 5.72. The smallest absolute Gasteiger partial charge is 0.230 e. The molecular formula is C20H24N2O2S2. The summed E-state index contributed by atoms with van der Waals surface area (Å²) in [5.74, 6) is 1.17. The van der Waals surface area contributed by atoms with Crippen molar-refractivity contribution in [2.24, 2.45) is 0 Å². The summed E-state index contributed by atoms with van der Waals surface area (Å²) >= 11 is 3.23. The minimum atomic E-state index is -0.0940. The van der Waals surface area contributed by atoms with Gasteiger partial charge in [-0.3, -0.25) is 9.59 Å². The molecule has 2 N–H and O–H groups in total. The van der Waals surface area contributed by atoms with Crippen molar-refractivity contribution in [2.75, 3.05) is 23.4 Å². The summed E-state index contributed by atoms with van der Waals surface area (Å²) < 4.78 is 0. The average molecular weight is 389 g/mol. The van der Waals surface area contributed by atoms with E-state index in [1.807, 2.05) is 24.3 Å². The fourth-order valence-electron chi connectivity index (χ4n) is 2.20. The van der Waals surface area contributed by atoms with Crippen molar-refractivity contribution in [2.45, 2.75) is 30.6 Å². The predicted octanol–water partition coefficient (Wildman–Crippen LogP) is 4.26. The number of nitrogens with one attached hydrogen (secondary N) is 2. The van der Waals surface area contributed by atoms with Crippen LogP contribution in [0.25, 0.3) is 0 Å². The summed E-state index contributed by atoms with van der Waals surface area (Å²) in [4.78, 5) is 25.2. The van der Waals surface area contributed by atoms with Crippen LogP contribution in [0.1, 0.15) is 18.1 Å². The molecule has 2 aromatic rings. The zero-order valence-corrected chi connectivity index (χ0v) is 16.9. The molecule has 2 rings (SSSR count). The van der Waals surface area contributed by atoms with Gasteiger partial charge in [0.25, 0.3) is 0 Å². The largest absolute Gasteiger partial charge is 0.355 e. The molecule has 0 unspecified atom stereocenters. The Labute approximate surface area is 163 Å². The molecule has 0 saturated heterocycles. The Balaban J connectivity index is 1.65. The van der Waals surface area contributed by atoms with E-state index in [9.17, 15) is 9.59 Å². The van der Waals surface area contributed by atoms with Crippen LogP contribution in [0.15, 0.2) is 52.3 Å². The second kappa shape index (κ2) is 10.3. The first kappa shape index (κ1) is 20.4. The Hall–Kier alpha value is -1.92. The SMILES string of the molecule is CC(=O)Nc1ccc(SCC(=O)NCCSc2ccc(C)c(C)c2)cc1. The van der Waals surface area contributed by atoms with E-state index in [0.717, 1.165) is 16.3 Å². The highest BCUT2D eigenvalue weighted by Gasteiger charge is 2.04. The van der Waals surface area contributed by atoms with E-state index in [1.165, 1.54) is 34.7 Å². The molecule has 0 atom stereocenters. The Morgan fingerprint density at radius 3 is 2.27 bits per heavy atom. The number of hydrogen-bond donors (Lipinski definition) is 2. The Bertz CT molecular complexity index is 761. The molecule has 0 heterocycles. The van der Waals surface area contributed by atoms with Gasteiger partial charge in [-0.15, -0.1) is 23.5 Å². The number of anilines is 1. The molecule has 4 nitrogen and oxygen atoms in total. The van der Waals surface area contributed by atoms with E-state index in [4.69, 9.17) is 0 Å². The van der Waals surface area contributed by atoms with Crippen LogP contribution in [0.2, 0.25) is 0 Å². The molecule has 2 amide bonds. The lowest BCUT2D eigenvalue weighted by Gasteiger charge is -2.07. The van der Waals surface area contributed by atoms with Crippen molar-refractivity contribution in [3.63, 3.8) is 0 Å². The normalized spacial score (nSPS) is 10.4. The maximum absolute atomic E-state index is 11.9. The Morgan fingerprint density at radius 2 is 1.62 bits per heavy atom. The molecule has 0 aromatic heterocycles. The van der Waals surface area contributed by atoms with E-state index < -0.39 is 0 Å². The molecule has 0 fully saturated rings. The maximum atomic E-state index is 11.9. The lowest BCUT2D eigenvalue weighted by atomic mass is 10.1. The van der Waals surface area contributed by atoms with Crippen LogP contribution in [-0.2, 0) is 9.59 Å². The highest BCUT2D eigenvalue weighted by atomic mass is 32.2. The van der Waals surface area contributed by atoms with Crippen molar-refractivity contribution in [3.8, 4) is 0 Å². The first-order valence-electron chi connectivity index (χ1n) is 8.41. The van der Waals surface area contributed by atoms with Crippen molar-refractivity contribution >= 4 is 41.0 Å². The number of carbonyl (C=O) groups is 2. The van der Waals surface area contributed by atoms with Gasteiger partial charge in [-0.05, 0) is 61.4 Å². The fraction of sp³-hybridized carbons (Fsp3) is 0.300. The summed E-state index contributed by atoms with van der Waals surface area (Å²) in [7, 11) is 0. The predicted molar refractivity (Wildman–Crippen MR) is 111 cm³/mol. The van der Waals surface area contributed by atoms with Crippen molar-refractivity contribution in [3.05, 3.63) is 53.6 Å². The molecule has 6 heteroatoms. The molecule has 0 spiro atoms. The summed E-state index contributed by atoms with van der Waals surface area (Å²) in [6.07, 6.45) is 0. The van der Waals surface area contributed by atoms with Crippen LogP contribution in [-0.4, -0.2) is 29.9 Å². The van der Waals surface area contributed by atoms with Gasteiger partial charge >= 0.3 is 0 Å². The van der Waals surface area contributed by atoms with Gasteiger partial charge in [0.2, 0.25) is 11.8 Å². The van der Waals surface area contributed by atoms with Crippen LogP contribution in [0.4, 0.5) is 5.69 Å². The second-order valence-electron chi connectivity index (χ2n) is 5.94. The quantitative estimate of drug-likeness (QED) is 0.524. The van der Waals surface area contributed by atoms with Gasteiger partial charge in [-0.1, -0.05) is 6.07 Å². The van der Waals surface area contributed by atoms with E-state index >= 15 is 0 Å². The molecule has 26 heavy (non-hydrogen) atoms. The minimum absolute atomic E-state index is 0.0293. The third kappa shape index (κ3) is 7.14. The molecule has 138 valence electrons. The zero-order chi connectivity index (χ0) is 18.9. The van der Waals surface area contributed by atoms with Gasteiger partial charge < -0.3 is 10.6 Å². The van der Waals surface area contributed by atoms with Crippen LogP contribution >= 0.6 is 23.5 Å². The number of rotatable bonds is 8. The topological polar surface area (TPSA) is 58.2 Å². The number of aryl methyl sites for hydroxylation is 2. The Morgan fingerprint density at radius 1 is 0.923 bits per heavy atom. The molecule has 0 saturated carbocycles. The first-order valence-corrected chi connectivity index (χ1v) is 10.4. The number of hydrogen-bond acceptors (Lipinski definition) is 4. The van der Waals surface area contributed by atoms with Crippen LogP contribution in [0, 0.1) is 13.8 Å². The van der Waals surface area contributed by atoms with Gasteiger partial charge in [0, 0.05) is 34.7 Å². The van der Waals surface area contributed by atoms with Gasteiger partial charge in [0.15, 0.2) is 0 Å². The van der Waals surface area contributed by atoms with E-state index in [0.29, 0.717) is 12.3 Å². The van der Waals surface area contributed by atoms with E-state index in [1.54, 1.807) is 11.8 Å². The number of thioether (sulfide) groups is 2. The monoisotopic (exact) mass is 388 g/mol. The summed E-state index contributed by atoms with van der Waals surface area (Å²) in [5.41, 5.74) is 3.35. The Kier molecular flexibility index (Phi) is 8.06. The van der Waals surface area contributed by atoms with Crippen LogP contribution in [0.5, 0.6) is 0 Å². The molecule has 2 aromatic carbocycles. The summed E-state index contributed by atoms with van der Waals surface area (Å²) in [6, 6.07) is 13.9. The first-order chi connectivity index (χ1) is 12.4. The van der Waals surface area contributed by atoms with Gasteiger partial charge in [-0.2, -0.15) is 0 Å². The highest BCUT2D eigenvalue weighted by molar-refractivity contribution is 8.00. The van der Waals surface area contributed by atoms with E-state index in [-0.39, 0.29) is 11.8 Å². The minimum Gasteiger partial charge on any atom is -0.355 e. The zero-order valence-electron chi connectivity index (χ0n) is 15.3. The fourth-order valence-corrected chi connectivity index (χ4v) is 3.79. The van der Waals surface area contributed by atoms with Gasteiger partial charge in [0.05, 0.1) is 5.75 Å². The molecule has 0 radical (unpaired) electrons. The number of amides is 2. The van der Waals surface area contributed by atoms with Crippen molar-refractivity contribution in [1.82, 2.24) is 5.32 Å².